The summed E-state index contributed by atoms with van der Waals surface area (Å²) in [5, 5.41) is 6.52. The van der Waals surface area contributed by atoms with Crippen molar-refractivity contribution in [2.45, 2.75) is 20.0 Å². The summed E-state index contributed by atoms with van der Waals surface area (Å²) in [5.74, 6) is 1.63. The number of halogens is 1. The number of nitrogens with one attached hydrogen (secondary N) is 2. The summed E-state index contributed by atoms with van der Waals surface area (Å²) < 4.78 is 7.33. The van der Waals surface area contributed by atoms with Crippen molar-refractivity contribution in [2.75, 3.05) is 6.54 Å². The number of guanidine groups is 1. The van der Waals surface area contributed by atoms with Gasteiger partial charge in [0.05, 0.1) is 31.4 Å². The van der Waals surface area contributed by atoms with E-state index in [4.69, 9.17) is 4.42 Å². The van der Waals surface area contributed by atoms with Crippen LogP contribution < -0.4 is 10.6 Å². The Kier molecular flexibility index (Phi) is 7.52. The van der Waals surface area contributed by atoms with Crippen LogP contribution in [0, 0.1) is 0 Å². The molecule has 0 radical (unpaired) electrons. The molecule has 2 aromatic heterocycles. The van der Waals surface area contributed by atoms with E-state index in [0.717, 1.165) is 29.5 Å². The maximum atomic E-state index is 5.34. The van der Waals surface area contributed by atoms with Crippen LogP contribution in [0.5, 0.6) is 0 Å². The van der Waals surface area contributed by atoms with Crippen molar-refractivity contribution in [1.82, 2.24) is 20.2 Å². The normalized spacial score (nSPS) is 11.0. The molecule has 6 nitrogen and oxygen atoms in total. The van der Waals surface area contributed by atoms with Crippen molar-refractivity contribution in [3.8, 4) is 5.69 Å². The lowest BCUT2D eigenvalue weighted by Gasteiger charge is -2.12. The molecule has 3 rings (SSSR count). The van der Waals surface area contributed by atoms with Gasteiger partial charge in [0.2, 0.25) is 0 Å². The van der Waals surface area contributed by atoms with Gasteiger partial charge in [-0.25, -0.2) is 9.98 Å². The smallest absolute Gasteiger partial charge is 0.191 e. The molecule has 7 heteroatoms. The molecular formula is C18H22IN5O. The molecule has 0 atom stereocenters. The number of benzene rings is 1. The van der Waals surface area contributed by atoms with Gasteiger partial charge in [-0.05, 0) is 30.7 Å². The molecule has 0 saturated heterocycles. The molecule has 0 aliphatic heterocycles. The molecule has 0 aliphatic carbocycles. The summed E-state index contributed by atoms with van der Waals surface area (Å²) in [7, 11) is 0. The molecule has 1 aromatic carbocycles. The van der Waals surface area contributed by atoms with Crippen molar-refractivity contribution >= 4 is 29.9 Å². The summed E-state index contributed by atoms with van der Waals surface area (Å²) in [6, 6.07) is 12.0. The van der Waals surface area contributed by atoms with E-state index in [2.05, 4.69) is 32.7 Å². The third kappa shape index (κ3) is 5.35. The summed E-state index contributed by atoms with van der Waals surface area (Å²) in [6.07, 6.45) is 7.17. The fourth-order valence-electron chi connectivity index (χ4n) is 2.39. The lowest BCUT2D eigenvalue weighted by Crippen LogP contribution is -2.36. The minimum atomic E-state index is 0. The molecule has 0 saturated carbocycles. The lowest BCUT2D eigenvalue weighted by molar-refractivity contribution is 0.501. The first-order valence-corrected chi connectivity index (χ1v) is 7.97. The van der Waals surface area contributed by atoms with Crippen LogP contribution in [0.25, 0.3) is 5.69 Å². The van der Waals surface area contributed by atoms with Crippen LogP contribution in [0.2, 0.25) is 0 Å². The van der Waals surface area contributed by atoms with Gasteiger partial charge in [-0.2, -0.15) is 0 Å². The molecule has 2 heterocycles. The predicted molar refractivity (Wildman–Crippen MR) is 109 cm³/mol. The summed E-state index contributed by atoms with van der Waals surface area (Å²) >= 11 is 0. The molecule has 25 heavy (non-hydrogen) atoms. The van der Waals surface area contributed by atoms with Gasteiger partial charge in [-0.3, -0.25) is 0 Å². The highest BCUT2D eigenvalue weighted by Gasteiger charge is 2.04. The van der Waals surface area contributed by atoms with E-state index in [-0.39, 0.29) is 24.0 Å². The molecule has 0 unspecified atom stereocenters. The Hall–Kier alpha value is -2.29. The maximum absolute atomic E-state index is 5.34. The van der Waals surface area contributed by atoms with Gasteiger partial charge in [-0.15, -0.1) is 24.0 Å². The summed E-state index contributed by atoms with van der Waals surface area (Å²) in [6.45, 7) is 4.01. The van der Waals surface area contributed by atoms with Gasteiger partial charge >= 0.3 is 0 Å². The third-order valence-corrected chi connectivity index (χ3v) is 3.54. The van der Waals surface area contributed by atoms with Crippen LogP contribution >= 0.6 is 24.0 Å². The van der Waals surface area contributed by atoms with E-state index in [9.17, 15) is 0 Å². The van der Waals surface area contributed by atoms with E-state index in [1.807, 2.05) is 42.0 Å². The van der Waals surface area contributed by atoms with Crippen molar-refractivity contribution in [3.63, 3.8) is 0 Å². The highest BCUT2D eigenvalue weighted by molar-refractivity contribution is 14.0. The largest absolute Gasteiger partial charge is 0.467 e. The Bertz CT molecular complexity index is 769. The van der Waals surface area contributed by atoms with Gasteiger partial charge in [0, 0.05) is 18.9 Å². The number of para-hydroxylation sites is 1. The van der Waals surface area contributed by atoms with Crippen molar-refractivity contribution in [1.29, 1.82) is 0 Å². The average molecular weight is 451 g/mol. The van der Waals surface area contributed by atoms with Gasteiger partial charge in [0.1, 0.15) is 5.76 Å². The van der Waals surface area contributed by atoms with Crippen LogP contribution in [-0.4, -0.2) is 22.1 Å². The van der Waals surface area contributed by atoms with E-state index in [0.29, 0.717) is 13.1 Å². The predicted octanol–water partition coefficient (Wildman–Crippen LogP) is 3.34. The fourth-order valence-corrected chi connectivity index (χ4v) is 2.39. The SMILES string of the molecule is CCNC(=NCc1ccccc1-n1ccnc1)NCc1ccco1.I. The second-order valence-corrected chi connectivity index (χ2v) is 5.23. The summed E-state index contributed by atoms with van der Waals surface area (Å²) in [5.41, 5.74) is 2.21. The Balaban J connectivity index is 0.00000225. The highest BCUT2D eigenvalue weighted by Crippen LogP contribution is 2.15. The zero-order valence-corrected chi connectivity index (χ0v) is 16.4. The Morgan fingerprint density at radius 1 is 1.20 bits per heavy atom. The van der Waals surface area contributed by atoms with Crippen molar-refractivity contribution < 1.29 is 4.42 Å². The number of aliphatic imine (C=N–C) groups is 1. The standard InChI is InChI=1S/C18H21N5O.HI/c1-2-20-18(22-13-16-7-5-11-24-16)21-12-15-6-3-4-8-17(15)23-10-9-19-14-23;/h3-11,14H,2,12-13H2,1H3,(H2,20,21,22);1H. The quantitative estimate of drug-likeness (QED) is 0.343. The molecular weight excluding hydrogens is 429 g/mol. The van der Waals surface area contributed by atoms with Gasteiger partial charge in [0.25, 0.3) is 0 Å². The van der Waals surface area contributed by atoms with Gasteiger partial charge in [0.15, 0.2) is 5.96 Å². The fraction of sp³-hybridized carbons (Fsp3) is 0.222. The van der Waals surface area contributed by atoms with E-state index in [1.165, 1.54) is 0 Å². The molecule has 0 spiro atoms. The first kappa shape index (κ1) is 19.0. The summed E-state index contributed by atoms with van der Waals surface area (Å²) in [4.78, 5) is 8.79. The molecule has 0 bridgehead atoms. The number of aromatic nitrogens is 2. The van der Waals surface area contributed by atoms with E-state index < -0.39 is 0 Å². The van der Waals surface area contributed by atoms with E-state index in [1.54, 1.807) is 18.8 Å². The van der Waals surface area contributed by atoms with Crippen LogP contribution in [0.4, 0.5) is 0 Å². The van der Waals surface area contributed by atoms with Crippen LogP contribution in [0.15, 0.2) is 70.8 Å². The highest BCUT2D eigenvalue weighted by atomic mass is 127. The average Bonchev–Trinajstić information content (AvgIpc) is 3.31. The van der Waals surface area contributed by atoms with Crippen LogP contribution in [0.3, 0.4) is 0 Å². The Morgan fingerprint density at radius 2 is 2.08 bits per heavy atom. The molecule has 2 N–H and O–H groups in total. The maximum Gasteiger partial charge on any atom is 0.191 e. The molecule has 132 valence electrons. The number of nitrogens with zero attached hydrogens (tertiary/aromatic N) is 3. The first-order chi connectivity index (χ1) is 11.9. The number of hydrogen-bond acceptors (Lipinski definition) is 3. The lowest BCUT2D eigenvalue weighted by atomic mass is 10.2. The zero-order chi connectivity index (χ0) is 16.6. The van der Waals surface area contributed by atoms with Gasteiger partial charge in [-0.1, -0.05) is 18.2 Å². The topological polar surface area (TPSA) is 67.4 Å². The number of imidazole rings is 1. The molecule has 3 aromatic rings. The molecule has 0 aliphatic rings. The minimum Gasteiger partial charge on any atom is -0.467 e. The monoisotopic (exact) mass is 451 g/mol. The van der Waals surface area contributed by atoms with E-state index >= 15 is 0 Å². The zero-order valence-electron chi connectivity index (χ0n) is 14.1. The number of hydrogen-bond donors (Lipinski definition) is 2. The Morgan fingerprint density at radius 3 is 2.80 bits per heavy atom. The minimum absolute atomic E-state index is 0. The first-order valence-electron chi connectivity index (χ1n) is 7.97. The van der Waals surface area contributed by atoms with Crippen molar-refractivity contribution in [3.05, 3.63) is 72.7 Å². The third-order valence-electron chi connectivity index (χ3n) is 3.54. The van der Waals surface area contributed by atoms with Gasteiger partial charge < -0.3 is 19.6 Å². The van der Waals surface area contributed by atoms with Crippen LogP contribution in [0.1, 0.15) is 18.2 Å². The number of furan rings is 1. The van der Waals surface area contributed by atoms with Crippen LogP contribution in [-0.2, 0) is 13.1 Å². The second kappa shape index (κ2) is 9.87. The molecule has 0 amide bonds. The molecule has 0 fully saturated rings. The van der Waals surface area contributed by atoms with Crippen molar-refractivity contribution in [2.24, 2.45) is 4.99 Å². The number of rotatable bonds is 6. The second-order valence-electron chi connectivity index (χ2n) is 5.23. The Labute approximate surface area is 164 Å².